The second-order valence-corrected chi connectivity index (χ2v) is 4.14. The molecule has 0 fully saturated rings. The number of hydrogen-bond donors (Lipinski definition) is 2. The van der Waals surface area contributed by atoms with Gasteiger partial charge in [-0.2, -0.15) is 0 Å². The van der Waals surface area contributed by atoms with Crippen LogP contribution in [0, 0.1) is 15.9 Å². The van der Waals surface area contributed by atoms with Crippen molar-refractivity contribution in [3.05, 3.63) is 58.3 Å². The van der Waals surface area contributed by atoms with Gasteiger partial charge in [0.25, 0.3) is 5.91 Å². The molecule has 1 aromatic carbocycles. The van der Waals surface area contributed by atoms with Crippen molar-refractivity contribution in [2.75, 3.05) is 6.61 Å². The van der Waals surface area contributed by atoms with Crippen LogP contribution in [0.2, 0.25) is 0 Å². The summed E-state index contributed by atoms with van der Waals surface area (Å²) < 4.78 is 22.8. The summed E-state index contributed by atoms with van der Waals surface area (Å²) >= 11 is 0. The van der Waals surface area contributed by atoms with Gasteiger partial charge in [0, 0.05) is 12.1 Å². The minimum Gasteiger partial charge on any atom is -0.477 e. The fourth-order valence-corrected chi connectivity index (χ4v) is 1.53. The van der Waals surface area contributed by atoms with Crippen molar-refractivity contribution >= 4 is 17.5 Å². The maximum Gasteiger partial charge on any atom is 0.311 e. The lowest BCUT2D eigenvalue weighted by Gasteiger charge is -2.08. The Morgan fingerprint density at radius 2 is 2.09 bits per heavy atom. The molecule has 23 heavy (non-hydrogen) atoms. The van der Waals surface area contributed by atoms with Crippen molar-refractivity contribution in [1.29, 1.82) is 0 Å². The third kappa shape index (κ3) is 4.27. The van der Waals surface area contributed by atoms with Gasteiger partial charge in [-0.25, -0.2) is 4.39 Å². The Morgan fingerprint density at radius 1 is 1.30 bits per heavy atom. The molecular weight excluding hydrogens is 313 g/mol. The van der Waals surface area contributed by atoms with E-state index in [0.29, 0.717) is 0 Å². The van der Waals surface area contributed by atoms with E-state index in [-0.39, 0.29) is 5.76 Å². The van der Waals surface area contributed by atoms with E-state index in [2.05, 4.69) is 0 Å². The average molecular weight is 323 g/mol. The minimum absolute atomic E-state index is 0.0213. The zero-order valence-electron chi connectivity index (χ0n) is 11.4. The van der Waals surface area contributed by atoms with Gasteiger partial charge in [0.2, 0.25) is 5.75 Å². The molecule has 1 aromatic heterocycles. The van der Waals surface area contributed by atoms with Gasteiger partial charge in [-0.3, -0.25) is 30.6 Å². The van der Waals surface area contributed by atoms with Crippen LogP contribution in [0.4, 0.5) is 10.1 Å². The highest BCUT2D eigenvalue weighted by Gasteiger charge is 2.17. The maximum atomic E-state index is 13.1. The van der Waals surface area contributed by atoms with Gasteiger partial charge in [-0.15, -0.1) is 0 Å². The molecule has 0 bridgehead atoms. The minimum atomic E-state index is -0.802. The van der Waals surface area contributed by atoms with E-state index < -0.39 is 40.6 Å². The Balaban J connectivity index is 1.88. The number of hydrogen-bond acceptors (Lipinski definition) is 6. The van der Waals surface area contributed by atoms with Gasteiger partial charge in [0.15, 0.2) is 12.4 Å². The highest BCUT2D eigenvalue weighted by Crippen LogP contribution is 2.27. The predicted molar refractivity (Wildman–Crippen MR) is 72.9 cm³/mol. The fourth-order valence-electron chi connectivity index (χ4n) is 1.53. The molecule has 2 N–H and O–H groups in total. The Hall–Kier alpha value is -3.43. The molecule has 0 saturated heterocycles. The number of carbonyl (C=O) groups is 2. The number of hydrazine groups is 1. The lowest BCUT2D eigenvalue weighted by Crippen LogP contribution is -2.43. The molecule has 10 heteroatoms. The number of nitrogens with one attached hydrogen (secondary N) is 2. The molecule has 1 heterocycles. The summed E-state index contributed by atoms with van der Waals surface area (Å²) in [5.74, 6) is -2.67. The number of amides is 2. The van der Waals surface area contributed by atoms with Crippen LogP contribution in [0.15, 0.2) is 41.0 Å². The van der Waals surface area contributed by atoms with Crippen molar-refractivity contribution < 1.29 is 28.1 Å². The van der Waals surface area contributed by atoms with Crippen molar-refractivity contribution in [1.82, 2.24) is 10.9 Å². The van der Waals surface area contributed by atoms with Crippen molar-refractivity contribution in [3.8, 4) is 5.75 Å². The Bertz CT molecular complexity index is 731. The Morgan fingerprint density at radius 3 is 2.74 bits per heavy atom. The third-order valence-corrected chi connectivity index (χ3v) is 2.54. The molecule has 2 amide bonds. The first-order chi connectivity index (χ1) is 11.0. The second-order valence-electron chi connectivity index (χ2n) is 4.14. The summed E-state index contributed by atoms with van der Waals surface area (Å²) in [5, 5.41) is 10.8. The first kappa shape index (κ1) is 15.9. The molecule has 0 aliphatic heterocycles. The highest BCUT2D eigenvalue weighted by molar-refractivity contribution is 5.93. The number of furan rings is 1. The van der Waals surface area contributed by atoms with Crippen LogP contribution in [0.1, 0.15) is 10.6 Å². The largest absolute Gasteiger partial charge is 0.477 e. The van der Waals surface area contributed by atoms with Crippen LogP contribution in [0.25, 0.3) is 0 Å². The molecule has 2 aromatic rings. The van der Waals surface area contributed by atoms with Gasteiger partial charge in [-0.1, -0.05) is 0 Å². The highest BCUT2D eigenvalue weighted by atomic mass is 19.1. The van der Waals surface area contributed by atoms with Crippen LogP contribution in [0.3, 0.4) is 0 Å². The van der Waals surface area contributed by atoms with Crippen LogP contribution in [0.5, 0.6) is 5.75 Å². The summed E-state index contributed by atoms with van der Waals surface area (Å²) in [4.78, 5) is 33.0. The molecule has 0 aliphatic carbocycles. The fraction of sp³-hybridized carbons (Fsp3) is 0.0769. The lowest BCUT2D eigenvalue weighted by molar-refractivity contribution is -0.385. The van der Waals surface area contributed by atoms with Gasteiger partial charge in [-0.05, 0) is 18.2 Å². The van der Waals surface area contributed by atoms with Gasteiger partial charge < -0.3 is 9.15 Å². The van der Waals surface area contributed by atoms with Crippen LogP contribution in [-0.4, -0.2) is 23.3 Å². The molecule has 9 nitrogen and oxygen atoms in total. The number of halogens is 1. The van der Waals surface area contributed by atoms with E-state index >= 15 is 0 Å². The summed E-state index contributed by atoms with van der Waals surface area (Å²) in [6.07, 6.45) is 1.28. The molecule has 0 radical (unpaired) electrons. The van der Waals surface area contributed by atoms with Gasteiger partial charge in [0.1, 0.15) is 5.82 Å². The molecule has 0 saturated carbocycles. The zero-order chi connectivity index (χ0) is 16.8. The molecule has 0 aliphatic rings. The zero-order valence-corrected chi connectivity index (χ0v) is 11.4. The summed E-state index contributed by atoms with van der Waals surface area (Å²) in [7, 11) is 0. The van der Waals surface area contributed by atoms with Gasteiger partial charge >= 0.3 is 11.6 Å². The first-order valence-electron chi connectivity index (χ1n) is 6.17. The van der Waals surface area contributed by atoms with Crippen LogP contribution < -0.4 is 15.6 Å². The quantitative estimate of drug-likeness (QED) is 0.628. The van der Waals surface area contributed by atoms with Crippen molar-refractivity contribution in [2.24, 2.45) is 0 Å². The number of nitrogens with zero attached hydrogens (tertiary/aromatic N) is 1. The van der Waals surface area contributed by atoms with E-state index in [0.717, 1.165) is 18.2 Å². The SMILES string of the molecule is O=C(COc1cc(F)ccc1[N+](=O)[O-])NNC(=O)c1ccco1. The van der Waals surface area contributed by atoms with E-state index in [1.165, 1.54) is 18.4 Å². The molecule has 0 atom stereocenters. The van der Waals surface area contributed by atoms with E-state index in [1.54, 1.807) is 0 Å². The summed E-state index contributed by atoms with van der Waals surface area (Å²) in [6.45, 7) is -0.664. The van der Waals surface area contributed by atoms with E-state index in [9.17, 15) is 24.1 Å². The monoisotopic (exact) mass is 323 g/mol. The van der Waals surface area contributed by atoms with Crippen molar-refractivity contribution in [2.45, 2.75) is 0 Å². The maximum absolute atomic E-state index is 13.1. The number of rotatable bonds is 5. The van der Waals surface area contributed by atoms with Crippen LogP contribution >= 0.6 is 0 Å². The normalized spacial score (nSPS) is 9.96. The van der Waals surface area contributed by atoms with E-state index in [1.807, 2.05) is 10.9 Å². The summed E-state index contributed by atoms with van der Waals surface area (Å²) in [6, 6.07) is 5.47. The van der Waals surface area contributed by atoms with Crippen molar-refractivity contribution in [3.63, 3.8) is 0 Å². The number of benzene rings is 1. The van der Waals surface area contributed by atoms with Crippen LogP contribution in [-0.2, 0) is 4.79 Å². The standard InChI is InChI=1S/C13H10FN3O6/c14-8-3-4-9(17(20)21)11(6-8)23-7-12(18)15-16-13(19)10-2-1-5-22-10/h1-6H,7H2,(H,15,18)(H,16,19). The molecule has 2 rings (SSSR count). The van der Waals surface area contributed by atoms with Gasteiger partial charge in [0.05, 0.1) is 11.2 Å². The third-order valence-electron chi connectivity index (χ3n) is 2.54. The average Bonchev–Trinajstić information content (AvgIpc) is 3.04. The second kappa shape index (κ2) is 7.02. The molecular formula is C13H10FN3O6. The number of nitro benzene ring substituents is 1. The summed E-state index contributed by atoms with van der Waals surface area (Å²) in [5.41, 5.74) is 3.58. The lowest BCUT2D eigenvalue weighted by atomic mass is 10.3. The number of ether oxygens (including phenoxy) is 1. The molecule has 120 valence electrons. The Kier molecular flexibility index (Phi) is 4.87. The molecule has 0 unspecified atom stereocenters. The smallest absolute Gasteiger partial charge is 0.311 e. The van der Waals surface area contributed by atoms with E-state index in [4.69, 9.17) is 9.15 Å². The molecule has 0 spiro atoms. The topological polar surface area (TPSA) is 124 Å². The number of carbonyl (C=O) groups excluding carboxylic acids is 2. The first-order valence-corrected chi connectivity index (χ1v) is 6.17. The number of nitro groups is 1. The Labute approximate surface area is 128 Å². The predicted octanol–water partition coefficient (Wildman–Crippen LogP) is 1.17.